The molecule has 0 bridgehead atoms. The van der Waals surface area contributed by atoms with Gasteiger partial charge in [-0.3, -0.25) is 0 Å². The van der Waals surface area contributed by atoms with Crippen LogP contribution in [0.15, 0.2) is 39.6 Å². The van der Waals surface area contributed by atoms with Crippen molar-refractivity contribution in [1.82, 2.24) is 9.21 Å². The molecule has 2 aliphatic rings. The van der Waals surface area contributed by atoms with E-state index < -0.39 is 15.9 Å². The molecular weight excluding hydrogens is 338 g/mol. The van der Waals surface area contributed by atoms with Gasteiger partial charge in [0.15, 0.2) is 0 Å². The molecule has 2 fully saturated rings. The Kier molecular flexibility index (Phi) is 4.92. The highest BCUT2D eigenvalue weighted by atomic mass is 32.2. The first-order valence-corrected chi connectivity index (χ1v) is 10.2. The maximum absolute atomic E-state index is 13.8. The maximum Gasteiger partial charge on any atom is 0.353 e. The summed E-state index contributed by atoms with van der Waals surface area (Å²) in [5.41, 5.74) is 0.103. The molecule has 1 atom stereocenters. The van der Waals surface area contributed by atoms with E-state index in [4.69, 9.17) is 4.74 Å². The van der Waals surface area contributed by atoms with Crippen molar-refractivity contribution >= 4 is 15.9 Å². The smallest absolute Gasteiger partial charge is 0.353 e. The van der Waals surface area contributed by atoms with Gasteiger partial charge in [-0.05, 0) is 39.8 Å². The average Bonchev–Trinajstić information content (AvgIpc) is 2.44. The highest BCUT2D eigenvalue weighted by Gasteiger charge is 2.52. The van der Waals surface area contributed by atoms with E-state index in [2.05, 4.69) is 4.36 Å². The fourth-order valence-electron chi connectivity index (χ4n) is 3.50. The molecule has 25 heavy (non-hydrogen) atoms. The Morgan fingerprint density at radius 2 is 1.72 bits per heavy atom. The number of amides is 2. The monoisotopic (exact) mass is 365 g/mol. The molecule has 1 aromatic carbocycles. The molecule has 0 radical (unpaired) electrons. The first kappa shape index (κ1) is 18.4. The topological polar surface area (TPSA) is 62.2 Å². The summed E-state index contributed by atoms with van der Waals surface area (Å²) in [5, 5.41) is 0. The molecule has 2 amide bonds. The molecule has 2 aliphatic heterocycles. The summed E-state index contributed by atoms with van der Waals surface area (Å²) in [6.45, 7) is 10.5. The van der Waals surface area contributed by atoms with Crippen molar-refractivity contribution in [3.63, 3.8) is 0 Å². The van der Waals surface area contributed by atoms with Gasteiger partial charge >= 0.3 is 6.03 Å². The molecule has 0 aromatic heterocycles. The van der Waals surface area contributed by atoms with Crippen LogP contribution in [0.5, 0.6) is 0 Å². The Morgan fingerprint density at radius 1 is 1.16 bits per heavy atom. The predicted molar refractivity (Wildman–Crippen MR) is 97.6 cm³/mol. The van der Waals surface area contributed by atoms with Gasteiger partial charge < -0.3 is 9.64 Å². The standard InChI is InChI=1S/C18H27N3O3S/c1-14(2)21(15(3)4)17(22)19-25(23,16-8-6-5-7-9-16)20-10-18(11-20)12-24-13-18/h5-9,14-15H,10-13H2,1-4H3/t25-/m0/s1. The van der Waals surface area contributed by atoms with Crippen LogP contribution in [-0.2, 0) is 14.7 Å². The van der Waals surface area contributed by atoms with Gasteiger partial charge in [-0.15, -0.1) is 4.36 Å². The zero-order chi connectivity index (χ0) is 18.2. The first-order chi connectivity index (χ1) is 11.8. The van der Waals surface area contributed by atoms with Gasteiger partial charge in [0.2, 0.25) is 0 Å². The minimum absolute atomic E-state index is 0.00145. The largest absolute Gasteiger partial charge is 0.380 e. The Morgan fingerprint density at radius 3 is 2.16 bits per heavy atom. The van der Waals surface area contributed by atoms with Crippen LogP contribution in [-0.4, -0.2) is 57.8 Å². The number of ether oxygens (including phenoxy) is 1. The molecule has 2 heterocycles. The van der Waals surface area contributed by atoms with E-state index in [0.717, 1.165) is 0 Å². The number of rotatable bonds is 4. The molecule has 0 saturated carbocycles. The molecule has 1 spiro atoms. The number of hydrogen-bond donors (Lipinski definition) is 0. The van der Waals surface area contributed by atoms with Gasteiger partial charge in [-0.25, -0.2) is 13.3 Å². The molecule has 6 nitrogen and oxygen atoms in total. The van der Waals surface area contributed by atoms with Crippen LogP contribution in [0.1, 0.15) is 27.7 Å². The zero-order valence-electron chi connectivity index (χ0n) is 15.3. The second-order valence-electron chi connectivity index (χ2n) is 7.57. The highest BCUT2D eigenvalue weighted by Crippen LogP contribution is 2.41. The Hall–Kier alpha value is -1.44. The van der Waals surface area contributed by atoms with E-state index in [0.29, 0.717) is 31.2 Å². The zero-order valence-corrected chi connectivity index (χ0v) is 16.2. The number of hydrogen-bond acceptors (Lipinski definition) is 3. The lowest BCUT2D eigenvalue weighted by molar-refractivity contribution is -0.166. The van der Waals surface area contributed by atoms with Crippen LogP contribution < -0.4 is 0 Å². The lowest BCUT2D eigenvalue weighted by atomic mass is 9.80. The van der Waals surface area contributed by atoms with Crippen molar-refractivity contribution in [2.45, 2.75) is 44.7 Å². The van der Waals surface area contributed by atoms with E-state index in [1.165, 1.54) is 0 Å². The van der Waals surface area contributed by atoms with Gasteiger partial charge in [-0.1, -0.05) is 18.2 Å². The van der Waals surface area contributed by atoms with Gasteiger partial charge in [0.1, 0.15) is 9.92 Å². The summed E-state index contributed by atoms with van der Waals surface area (Å²) in [4.78, 5) is 15.1. The van der Waals surface area contributed by atoms with Crippen molar-refractivity contribution in [2.75, 3.05) is 26.3 Å². The third-order valence-electron chi connectivity index (χ3n) is 4.78. The summed E-state index contributed by atoms with van der Waals surface area (Å²) in [6, 6.07) is 8.70. The second-order valence-corrected chi connectivity index (χ2v) is 9.73. The number of urea groups is 1. The lowest BCUT2D eigenvalue weighted by Gasteiger charge is -2.55. The van der Waals surface area contributed by atoms with Gasteiger partial charge in [-0.2, -0.15) is 0 Å². The van der Waals surface area contributed by atoms with E-state index in [-0.39, 0.29) is 17.5 Å². The molecule has 138 valence electrons. The number of benzene rings is 1. The van der Waals surface area contributed by atoms with E-state index in [9.17, 15) is 9.00 Å². The summed E-state index contributed by atoms with van der Waals surface area (Å²) < 4.78 is 25.2. The third-order valence-corrected chi connectivity index (χ3v) is 7.02. The predicted octanol–water partition coefficient (Wildman–Crippen LogP) is 3.00. The number of carbonyl (C=O) groups excluding carboxylic acids is 1. The van der Waals surface area contributed by atoms with Crippen molar-refractivity contribution in [3.05, 3.63) is 30.3 Å². The molecule has 0 N–H and O–H groups in total. The van der Waals surface area contributed by atoms with Gasteiger partial charge in [0.25, 0.3) is 0 Å². The van der Waals surface area contributed by atoms with Crippen LogP contribution in [0.3, 0.4) is 0 Å². The summed E-state index contributed by atoms with van der Waals surface area (Å²) >= 11 is 0. The van der Waals surface area contributed by atoms with Gasteiger partial charge in [0.05, 0.1) is 18.1 Å². The fraction of sp³-hybridized carbons (Fsp3) is 0.611. The van der Waals surface area contributed by atoms with Crippen molar-refractivity contribution in [3.8, 4) is 0 Å². The summed E-state index contributed by atoms with van der Waals surface area (Å²) in [6.07, 6.45) is 0. The molecule has 7 heteroatoms. The van der Waals surface area contributed by atoms with Crippen LogP contribution >= 0.6 is 0 Å². The molecule has 2 saturated heterocycles. The molecule has 0 unspecified atom stereocenters. The first-order valence-electron chi connectivity index (χ1n) is 8.75. The van der Waals surface area contributed by atoms with Crippen molar-refractivity contribution in [1.29, 1.82) is 0 Å². The van der Waals surface area contributed by atoms with Crippen LogP contribution in [0.2, 0.25) is 0 Å². The van der Waals surface area contributed by atoms with E-state index in [1.54, 1.807) is 17.0 Å². The third kappa shape index (κ3) is 3.32. The lowest BCUT2D eigenvalue weighted by Crippen LogP contribution is -2.67. The maximum atomic E-state index is 13.8. The highest BCUT2D eigenvalue weighted by molar-refractivity contribution is 7.91. The second kappa shape index (κ2) is 6.70. The Bertz CT molecular complexity index is 734. The molecule has 0 aliphatic carbocycles. The SMILES string of the molecule is CC(C)N(C(=O)N=[S@@](=O)(c1ccccc1)N1CC2(COC2)C1)C(C)C. The average molecular weight is 365 g/mol. The molecular formula is C18H27N3O3S. The Labute approximate surface area is 150 Å². The fourth-order valence-corrected chi connectivity index (χ4v) is 5.73. The summed E-state index contributed by atoms with van der Waals surface area (Å²) in [5.74, 6) is 0. The number of nitrogens with zero attached hydrogens (tertiary/aromatic N) is 3. The van der Waals surface area contributed by atoms with Crippen LogP contribution in [0.25, 0.3) is 0 Å². The minimum atomic E-state index is -2.96. The quantitative estimate of drug-likeness (QED) is 0.824. The van der Waals surface area contributed by atoms with Crippen LogP contribution in [0, 0.1) is 5.41 Å². The van der Waals surface area contributed by atoms with Crippen molar-refractivity contribution < 1.29 is 13.7 Å². The van der Waals surface area contributed by atoms with Gasteiger partial charge in [0, 0.05) is 30.6 Å². The van der Waals surface area contributed by atoms with Crippen LogP contribution in [0.4, 0.5) is 4.79 Å². The van der Waals surface area contributed by atoms with E-state index in [1.807, 2.05) is 50.2 Å². The van der Waals surface area contributed by atoms with Crippen molar-refractivity contribution in [2.24, 2.45) is 9.78 Å². The summed E-state index contributed by atoms with van der Waals surface area (Å²) in [7, 11) is -2.96. The molecule has 3 rings (SSSR count). The number of carbonyl (C=O) groups is 1. The normalized spacial score (nSPS) is 21.5. The van der Waals surface area contributed by atoms with E-state index >= 15 is 0 Å². The minimum Gasteiger partial charge on any atom is -0.380 e. The Balaban J connectivity index is 1.97. The molecule has 1 aromatic rings.